The molecule has 8 nitrogen and oxygen atoms in total. The first kappa shape index (κ1) is 24.6. The van der Waals surface area contributed by atoms with Gasteiger partial charge in [0.15, 0.2) is 5.82 Å². The average Bonchev–Trinajstić information content (AvgIpc) is 3.38. The number of benzene rings is 2. The SMILES string of the molecule is COc1ccc(OC)c(CNC(=O)C2CCN(c3nccn4nc(-c5ccc(C)c(C)c5)cc34)CC2)c1. The molecular formula is C29H33N5O3. The van der Waals surface area contributed by atoms with Crippen molar-refractivity contribution >= 4 is 17.2 Å². The molecule has 8 heteroatoms. The molecule has 37 heavy (non-hydrogen) atoms. The number of fused-ring (bicyclic) bond motifs is 1. The topological polar surface area (TPSA) is 81.0 Å². The number of hydrogen-bond donors (Lipinski definition) is 1. The normalized spacial score (nSPS) is 14.1. The van der Waals surface area contributed by atoms with E-state index < -0.39 is 0 Å². The number of carbonyl (C=O) groups is 1. The zero-order valence-electron chi connectivity index (χ0n) is 21.8. The summed E-state index contributed by atoms with van der Waals surface area (Å²) in [6.07, 6.45) is 5.21. The Kier molecular flexibility index (Phi) is 6.99. The predicted molar refractivity (Wildman–Crippen MR) is 144 cm³/mol. The first-order chi connectivity index (χ1) is 18.0. The fourth-order valence-corrected chi connectivity index (χ4v) is 4.89. The van der Waals surface area contributed by atoms with Gasteiger partial charge >= 0.3 is 0 Å². The van der Waals surface area contributed by atoms with Crippen molar-refractivity contribution in [2.24, 2.45) is 5.92 Å². The molecule has 0 aliphatic carbocycles. The summed E-state index contributed by atoms with van der Waals surface area (Å²) in [7, 11) is 3.25. The van der Waals surface area contributed by atoms with E-state index in [2.05, 4.69) is 53.3 Å². The summed E-state index contributed by atoms with van der Waals surface area (Å²) in [5, 5.41) is 7.88. The number of piperidine rings is 1. The zero-order valence-corrected chi connectivity index (χ0v) is 21.8. The van der Waals surface area contributed by atoms with Crippen molar-refractivity contribution < 1.29 is 14.3 Å². The molecule has 2 aromatic heterocycles. The summed E-state index contributed by atoms with van der Waals surface area (Å²) in [6.45, 7) is 6.16. The van der Waals surface area contributed by atoms with E-state index in [0.717, 1.165) is 65.6 Å². The number of nitrogens with zero attached hydrogens (tertiary/aromatic N) is 4. The van der Waals surface area contributed by atoms with Crippen LogP contribution in [-0.4, -0.2) is 47.8 Å². The van der Waals surface area contributed by atoms with Gasteiger partial charge in [0.2, 0.25) is 5.91 Å². The number of rotatable bonds is 7. The summed E-state index contributed by atoms with van der Waals surface area (Å²) < 4.78 is 12.6. The van der Waals surface area contributed by atoms with Gasteiger partial charge in [-0.25, -0.2) is 9.50 Å². The lowest BCUT2D eigenvalue weighted by Gasteiger charge is -2.32. The predicted octanol–water partition coefficient (Wildman–Crippen LogP) is 4.56. The van der Waals surface area contributed by atoms with Crippen LogP contribution in [-0.2, 0) is 11.3 Å². The van der Waals surface area contributed by atoms with E-state index in [4.69, 9.17) is 14.6 Å². The van der Waals surface area contributed by atoms with Crippen LogP contribution >= 0.6 is 0 Å². The fourth-order valence-electron chi connectivity index (χ4n) is 4.89. The van der Waals surface area contributed by atoms with Crippen LogP contribution in [0, 0.1) is 19.8 Å². The molecule has 1 aliphatic heterocycles. The second-order valence-corrected chi connectivity index (χ2v) is 9.57. The number of carbonyl (C=O) groups excluding carboxylic acids is 1. The molecule has 2 aromatic carbocycles. The number of aromatic nitrogens is 3. The Morgan fingerprint density at radius 1 is 1.03 bits per heavy atom. The van der Waals surface area contributed by atoms with Crippen LogP contribution in [0.2, 0.25) is 0 Å². The van der Waals surface area contributed by atoms with Gasteiger partial charge in [0, 0.05) is 49.1 Å². The Balaban J connectivity index is 1.25. The number of ether oxygens (including phenoxy) is 2. The van der Waals surface area contributed by atoms with Crippen LogP contribution in [0.1, 0.15) is 29.5 Å². The monoisotopic (exact) mass is 499 g/mol. The molecule has 1 aliphatic rings. The molecule has 192 valence electrons. The van der Waals surface area contributed by atoms with Crippen LogP contribution in [0.3, 0.4) is 0 Å². The van der Waals surface area contributed by atoms with Gasteiger partial charge in [-0.2, -0.15) is 5.10 Å². The molecule has 1 N–H and O–H groups in total. The van der Waals surface area contributed by atoms with E-state index in [1.165, 1.54) is 11.1 Å². The minimum absolute atomic E-state index is 0.0383. The van der Waals surface area contributed by atoms with Gasteiger partial charge in [0.1, 0.15) is 17.0 Å². The van der Waals surface area contributed by atoms with Gasteiger partial charge in [-0.1, -0.05) is 12.1 Å². The molecule has 0 bridgehead atoms. The molecule has 3 heterocycles. The summed E-state index contributed by atoms with van der Waals surface area (Å²) in [5.41, 5.74) is 6.41. The number of methoxy groups -OCH3 is 2. The number of aryl methyl sites for hydroxylation is 2. The Labute approximate surface area is 217 Å². The third-order valence-corrected chi connectivity index (χ3v) is 7.28. The summed E-state index contributed by atoms with van der Waals surface area (Å²) in [6, 6.07) is 14.1. The van der Waals surface area contributed by atoms with Gasteiger partial charge in [0.05, 0.1) is 19.9 Å². The van der Waals surface area contributed by atoms with Crippen molar-refractivity contribution in [2.45, 2.75) is 33.2 Å². The lowest BCUT2D eigenvalue weighted by atomic mass is 9.95. The second kappa shape index (κ2) is 10.5. The van der Waals surface area contributed by atoms with Crippen molar-refractivity contribution in [1.82, 2.24) is 19.9 Å². The van der Waals surface area contributed by atoms with E-state index in [1.54, 1.807) is 20.4 Å². The highest BCUT2D eigenvalue weighted by Crippen LogP contribution is 2.29. The van der Waals surface area contributed by atoms with E-state index in [-0.39, 0.29) is 11.8 Å². The Morgan fingerprint density at radius 3 is 2.57 bits per heavy atom. The third-order valence-electron chi connectivity index (χ3n) is 7.28. The second-order valence-electron chi connectivity index (χ2n) is 9.57. The molecule has 4 aromatic rings. The first-order valence-electron chi connectivity index (χ1n) is 12.6. The standard InChI is InChI=1S/C29H33N5O3/c1-19-5-6-22(15-20(19)2)25-17-26-28(30-11-14-34(26)32-25)33-12-9-21(10-13-33)29(35)31-18-23-16-24(36-3)7-8-27(23)37-4/h5-8,11,14-17,21H,9-10,12-13,18H2,1-4H3,(H,31,35). The van der Waals surface area contributed by atoms with Crippen molar-refractivity contribution in [3.63, 3.8) is 0 Å². The van der Waals surface area contributed by atoms with Gasteiger partial charge in [-0.05, 0) is 68.1 Å². The molecule has 1 fully saturated rings. The smallest absolute Gasteiger partial charge is 0.223 e. The minimum atomic E-state index is -0.0383. The molecule has 0 saturated carbocycles. The lowest BCUT2D eigenvalue weighted by molar-refractivity contribution is -0.125. The van der Waals surface area contributed by atoms with E-state index in [0.29, 0.717) is 6.54 Å². The van der Waals surface area contributed by atoms with Crippen molar-refractivity contribution in [1.29, 1.82) is 0 Å². The molecule has 0 radical (unpaired) electrons. The van der Waals surface area contributed by atoms with Crippen LogP contribution in [0.25, 0.3) is 16.8 Å². The quantitative estimate of drug-likeness (QED) is 0.401. The summed E-state index contributed by atoms with van der Waals surface area (Å²) in [5.74, 6) is 2.40. The molecule has 1 amide bonds. The van der Waals surface area contributed by atoms with E-state index in [1.807, 2.05) is 28.9 Å². The first-order valence-corrected chi connectivity index (χ1v) is 12.6. The van der Waals surface area contributed by atoms with Crippen molar-refractivity contribution in [2.75, 3.05) is 32.2 Å². The largest absolute Gasteiger partial charge is 0.497 e. The Morgan fingerprint density at radius 2 is 1.84 bits per heavy atom. The van der Waals surface area contributed by atoms with Crippen LogP contribution < -0.4 is 19.7 Å². The van der Waals surface area contributed by atoms with Crippen LogP contribution in [0.4, 0.5) is 5.82 Å². The van der Waals surface area contributed by atoms with Gasteiger partial charge in [-0.3, -0.25) is 4.79 Å². The number of hydrogen-bond acceptors (Lipinski definition) is 6. The molecular weight excluding hydrogens is 466 g/mol. The Bertz CT molecular complexity index is 1420. The molecule has 0 atom stereocenters. The Hall–Kier alpha value is -4.07. The van der Waals surface area contributed by atoms with Gasteiger partial charge < -0.3 is 19.7 Å². The van der Waals surface area contributed by atoms with Crippen molar-refractivity contribution in [3.05, 3.63) is 71.5 Å². The molecule has 0 unspecified atom stereocenters. The summed E-state index contributed by atoms with van der Waals surface area (Å²) >= 11 is 0. The number of nitrogens with one attached hydrogen (secondary N) is 1. The van der Waals surface area contributed by atoms with Gasteiger partial charge in [-0.15, -0.1) is 0 Å². The maximum atomic E-state index is 13.0. The van der Waals surface area contributed by atoms with Crippen LogP contribution in [0.5, 0.6) is 11.5 Å². The zero-order chi connectivity index (χ0) is 25.9. The third kappa shape index (κ3) is 5.09. The minimum Gasteiger partial charge on any atom is -0.497 e. The highest BCUT2D eigenvalue weighted by atomic mass is 16.5. The van der Waals surface area contributed by atoms with Crippen molar-refractivity contribution in [3.8, 4) is 22.8 Å². The maximum Gasteiger partial charge on any atom is 0.223 e. The number of anilines is 1. The fraction of sp³-hybridized carbons (Fsp3) is 0.345. The lowest BCUT2D eigenvalue weighted by Crippen LogP contribution is -2.40. The summed E-state index contributed by atoms with van der Waals surface area (Å²) in [4.78, 5) is 19.9. The average molecular weight is 500 g/mol. The highest BCUT2D eigenvalue weighted by molar-refractivity contribution is 5.80. The van der Waals surface area contributed by atoms with Gasteiger partial charge in [0.25, 0.3) is 0 Å². The molecule has 0 spiro atoms. The number of amides is 1. The molecule has 5 rings (SSSR count). The van der Waals surface area contributed by atoms with Crippen LogP contribution in [0.15, 0.2) is 54.9 Å². The highest BCUT2D eigenvalue weighted by Gasteiger charge is 2.27. The molecule has 1 saturated heterocycles. The maximum absolute atomic E-state index is 13.0. The van der Waals surface area contributed by atoms with E-state index in [9.17, 15) is 4.79 Å². The van der Waals surface area contributed by atoms with E-state index >= 15 is 0 Å².